The van der Waals surface area contributed by atoms with Crippen molar-refractivity contribution in [3.05, 3.63) is 47.7 Å². The van der Waals surface area contributed by atoms with E-state index < -0.39 is 0 Å². The van der Waals surface area contributed by atoms with Crippen LogP contribution in [0.25, 0.3) is 16.5 Å². The molecule has 1 heterocycles. The van der Waals surface area contributed by atoms with E-state index in [0.717, 1.165) is 17.6 Å². The van der Waals surface area contributed by atoms with E-state index in [4.69, 9.17) is 15.2 Å². The van der Waals surface area contributed by atoms with Crippen LogP contribution in [0.15, 0.2) is 30.3 Å². The van der Waals surface area contributed by atoms with Gasteiger partial charge >= 0.3 is 0 Å². The van der Waals surface area contributed by atoms with E-state index in [2.05, 4.69) is 50.3 Å². The molecule has 1 aliphatic carbocycles. The van der Waals surface area contributed by atoms with E-state index in [1.165, 1.54) is 29.4 Å². The molecule has 3 rings (SSSR count). The van der Waals surface area contributed by atoms with Crippen LogP contribution in [-0.2, 0) is 20.1 Å². The molecule has 1 aliphatic rings. The van der Waals surface area contributed by atoms with Crippen LogP contribution >= 0.6 is 0 Å². The summed E-state index contributed by atoms with van der Waals surface area (Å²) in [5.74, 6) is 0.573. The van der Waals surface area contributed by atoms with Gasteiger partial charge in [-0.15, -0.1) is 12.0 Å². The summed E-state index contributed by atoms with van der Waals surface area (Å²) in [6.07, 6.45) is 6.93. The normalized spacial score (nSPS) is 18.8. The number of fused-ring (bicyclic) bond motifs is 1. The second-order valence-corrected chi connectivity index (χ2v) is 7.24. The molecule has 2 aromatic rings. The van der Waals surface area contributed by atoms with Crippen LogP contribution in [-0.4, -0.2) is 27.4 Å². The zero-order valence-electron chi connectivity index (χ0n) is 16.1. The van der Waals surface area contributed by atoms with Crippen LogP contribution in [0.4, 0.5) is 0 Å². The van der Waals surface area contributed by atoms with Gasteiger partial charge in [0.15, 0.2) is 0 Å². The molecule has 0 spiro atoms. The molecule has 0 fully saturated rings. The molecule has 4 heteroatoms. The van der Waals surface area contributed by atoms with Crippen molar-refractivity contribution in [2.75, 3.05) is 0 Å². The number of benzene rings is 1. The van der Waals surface area contributed by atoms with E-state index in [1.54, 1.807) is 13.8 Å². The monoisotopic (exact) mass is 533 g/mol. The maximum Gasteiger partial charge on any atom is 0.0536 e. The maximum absolute atomic E-state index is 8.56. The van der Waals surface area contributed by atoms with Gasteiger partial charge in [-0.1, -0.05) is 49.6 Å². The van der Waals surface area contributed by atoms with Gasteiger partial charge in [0.05, 0.1) is 12.2 Å². The van der Waals surface area contributed by atoms with E-state index in [-0.39, 0.29) is 32.3 Å². The van der Waals surface area contributed by atoms with Crippen LogP contribution in [0.2, 0.25) is 0 Å². The minimum atomic E-state index is -0.375. The third-order valence-electron chi connectivity index (χ3n) is 4.32. The summed E-state index contributed by atoms with van der Waals surface area (Å²) < 4.78 is 0. The maximum atomic E-state index is 8.56. The molecule has 3 unspecified atom stereocenters. The summed E-state index contributed by atoms with van der Waals surface area (Å²) in [6, 6.07) is 10.7. The number of hydrogen-bond acceptors (Lipinski definition) is 3. The van der Waals surface area contributed by atoms with Gasteiger partial charge in [-0.3, -0.25) is 6.08 Å². The first-order chi connectivity index (χ1) is 11.8. The minimum Gasteiger partial charge on any atom is -0.393 e. The Labute approximate surface area is 170 Å². The molecule has 145 valence electrons. The Bertz CT molecular complexity index is 719. The first-order valence-corrected chi connectivity index (χ1v) is 9.21. The molecule has 2 N–H and O–H groups in total. The molecule has 3 nitrogen and oxygen atoms in total. The van der Waals surface area contributed by atoms with Crippen molar-refractivity contribution in [1.82, 2.24) is 4.98 Å². The summed E-state index contributed by atoms with van der Waals surface area (Å²) in [6.45, 7) is 7.68. The van der Waals surface area contributed by atoms with Crippen molar-refractivity contribution in [3.63, 3.8) is 0 Å². The van der Waals surface area contributed by atoms with Crippen molar-refractivity contribution >= 4 is 16.5 Å². The number of hydrogen-bond donors (Lipinski definition) is 2. The number of aryl methyl sites for hydroxylation is 1. The second-order valence-electron chi connectivity index (χ2n) is 7.24. The second kappa shape index (κ2) is 10.9. The molecule has 1 aromatic carbocycles. The molecule has 26 heavy (non-hydrogen) atoms. The third-order valence-corrected chi connectivity index (χ3v) is 4.32. The Morgan fingerprint density at radius 3 is 2.42 bits per heavy atom. The van der Waals surface area contributed by atoms with Crippen molar-refractivity contribution < 1.29 is 30.3 Å². The zero-order valence-corrected chi connectivity index (χ0v) is 18.5. The van der Waals surface area contributed by atoms with Gasteiger partial charge in [0.1, 0.15) is 0 Å². The SMILES string of the molecule is CC(O)CC(C)O.Cc1ccc2nc(C3=[C-]C(C)CCC3)ccc2c1.[Ir]. The summed E-state index contributed by atoms with van der Waals surface area (Å²) >= 11 is 0. The van der Waals surface area contributed by atoms with E-state index in [9.17, 15) is 0 Å². The average molecular weight is 533 g/mol. The molecule has 0 aliphatic heterocycles. The Morgan fingerprint density at radius 1 is 1.15 bits per heavy atom. The van der Waals surface area contributed by atoms with E-state index in [0.29, 0.717) is 12.3 Å². The molecule has 0 bridgehead atoms. The van der Waals surface area contributed by atoms with Gasteiger partial charge in [0, 0.05) is 25.6 Å². The van der Waals surface area contributed by atoms with Gasteiger partial charge in [0.25, 0.3) is 0 Å². The number of aliphatic hydroxyl groups excluding tert-OH is 2. The number of aromatic nitrogens is 1. The first kappa shape index (κ1) is 23.0. The summed E-state index contributed by atoms with van der Waals surface area (Å²) in [5, 5.41) is 18.4. The van der Waals surface area contributed by atoms with Gasteiger partial charge in [-0.05, 0) is 44.7 Å². The molecular weight excluding hydrogens is 502 g/mol. The standard InChI is InChI=1S/C17H18N.C5H12O2.Ir/c1-12-4-3-5-14(10-12)17-9-7-15-11-13(2)6-8-16(15)18-17;1-4(6)3-5(2)7;/h6-9,11-12H,3-5H2,1-2H3;4-7H,3H2,1-2H3;/q-1;;. The number of pyridine rings is 1. The van der Waals surface area contributed by atoms with E-state index in [1.807, 2.05) is 0 Å². The van der Waals surface area contributed by atoms with Crippen molar-refractivity contribution in [2.24, 2.45) is 5.92 Å². The van der Waals surface area contributed by atoms with Crippen LogP contribution in [0.5, 0.6) is 0 Å². The number of allylic oxidation sites excluding steroid dienone is 2. The van der Waals surface area contributed by atoms with Crippen molar-refractivity contribution in [2.45, 2.75) is 65.6 Å². The fourth-order valence-electron chi connectivity index (χ4n) is 3.14. The fraction of sp³-hybridized carbons (Fsp3) is 0.500. The first-order valence-electron chi connectivity index (χ1n) is 9.21. The Morgan fingerprint density at radius 2 is 1.85 bits per heavy atom. The van der Waals surface area contributed by atoms with Gasteiger partial charge in [0.2, 0.25) is 0 Å². The average Bonchev–Trinajstić information content (AvgIpc) is 2.53. The molecule has 3 atom stereocenters. The zero-order chi connectivity index (χ0) is 18.4. The molecule has 0 saturated heterocycles. The van der Waals surface area contributed by atoms with Crippen LogP contribution in [0.3, 0.4) is 0 Å². The summed E-state index contributed by atoms with van der Waals surface area (Å²) in [7, 11) is 0. The number of rotatable bonds is 3. The molecule has 0 amide bonds. The predicted molar refractivity (Wildman–Crippen MR) is 104 cm³/mol. The molecular formula is C22H30IrNO2-. The Balaban J connectivity index is 0.000000366. The Hall–Kier alpha value is -1.06. The number of aliphatic hydroxyl groups is 2. The van der Waals surface area contributed by atoms with Crippen LogP contribution < -0.4 is 0 Å². The summed E-state index contributed by atoms with van der Waals surface area (Å²) in [5.41, 5.74) is 4.79. The van der Waals surface area contributed by atoms with Crippen molar-refractivity contribution in [1.29, 1.82) is 0 Å². The van der Waals surface area contributed by atoms with E-state index >= 15 is 0 Å². The predicted octanol–water partition coefficient (Wildman–Crippen LogP) is 4.69. The minimum absolute atomic E-state index is 0. The van der Waals surface area contributed by atoms with Crippen LogP contribution in [0, 0.1) is 18.9 Å². The molecule has 0 saturated carbocycles. The summed E-state index contributed by atoms with van der Waals surface area (Å²) in [4.78, 5) is 4.77. The molecule has 1 radical (unpaired) electrons. The molecule has 1 aromatic heterocycles. The topological polar surface area (TPSA) is 53.4 Å². The van der Waals surface area contributed by atoms with Crippen molar-refractivity contribution in [3.8, 4) is 0 Å². The third kappa shape index (κ3) is 7.28. The van der Waals surface area contributed by atoms with Gasteiger partial charge in [-0.2, -0.15) is 5.57 Å². The largest absolute Gasteiger partial charge is 0.393 e. The van der Waals surface area contributed by atoms with Gasteiger partial charge in [-0.25, -0.2) is 0 Å². The smallest absolute Gasteiger partial charge is 0.0536 e. The fourth-order valence-corrected chi connectivity index (χ4v) is 3.14. The van der Waals surface area contributed by atoms with Gasteiger partial charge < -0.3 is 15.2 Å². The van der Waals surface area contributed by atoms with Crippen LogP contribution in [0.1, 0.15) is 57.7 Å². The number of nitrogens with zero attached hydrogens (tertiary/aromatic N) is 1. The Kier molecular flexibility index (Phi) is 9.67. The quantitative estimate of drug-likeness (QED) is 0.565.